The number of nitrogens with zero attached hydrogens (tertiary/aromatic N) is 2. The van der Waals surface area contributed by atoms with Gasteiger partial charge in [0.25, 0.3) is 0 Å². The highest BCUT2D eigenvalue weighted by atomic mass is 32.2. The molecule has 5 heteroatoms. The summed E-state index contributed by atoms with van der Waals surface area (Å²) in [4.78, 5) is 4.26. The van der Waals surface area contributed by atoms with Crippen molar-refractivity contribution < 1.29 is 8.42 Å². The fourth-order valence-electron chi connectivity index (χ4n) is 2.13. The van der Waals surface area contributed by atoms with Crippen LogP contribution in [0.2, 0.25) is 0 Å². The minimum atomic E-state index is -3.46. The molecule has 0 saturated heterocycles. The molecule has 112 valence electrons. The highest BCUT2D eigenvalue weighted by Crippen LogP contribution is 2.17. The zero-order valence-electron chi connectivity index (χ0n) is 12.4. The molecule has 4 nitrogen and oxygen atoms in total. The van der Waals surface area contributed by atoms with Gasteiger partial charge in [-0.1, -0.05) is 25.5 Å². The van der Waals surface area contributed by atoms with Gasteiger partial charge in [-0.3, -0.25) is 4.98 Å². The van der Waals surface area contributed by atoms with E-state index in [1.165, 1.54) is 4.31 Å². The number of sulfonamides is 1. The van der Waals surface area contributed by atoms with Crippen LogP contribution in [0.1, 0.15) is 24.5 Å². The van der Waals surface area contributed by atoms with Crippen LogP contribution in [0.15, 0.2) is 53.7 Å². The molecule has 0 N–H and O–H groups in total. The zero-order valence-corrected chi connectivity index (χ0v) is 13.2. The van der Waals surface area contributed by atoms with Crippen LogP contribution in [-0.4, -0.2) is 24.8 Å². The lowest BCUT2D eigenvalue weighted by molar-refractivity contribution is 0.466. The van der Waals surface area contributed by atoms with Crippen molar-refractivity contribution in [2.45, 2.75) is 31.2 Å². The van der Waals surface area contributed by atoms with Crippen LogP contribution in [0, 0.1) is 0 Å². The quantitative estimate of drug-likeness (QED) is 0.824. The second-order valence-corrected chi connectivity index (χ2v) is 7.06. The first-order chi connectivity index (χ1) is 10.0. The summed E-state index contributed by atoms with van der Waals surface area (Å²) >= 11 is 0. The normalized spacial score (nSPS) is 11.8. The van der Waals surface area contributed by atoms with Crippen molar-refractivity contribution in [3.63, 3.8) is 0 Å². The lowest BCUT2D eigenvalue weighted by atomic mass is 10.1. The van der Waals surface area contributed by atoms with Crippen molar-refractivity contribution in [1.82, 2.24) is 9.29 Å². The molecule has 2 rings (SSSR count). The van der Waals surface area contributed by atoms with E-state index in [-0.39, 0.29) is 0 Å². The summed E-state index contributed by atoms with van der Waals surface area (Å²) in [5.41, 5.74) is 2.08. The molecule has 0 aliphatic rings. The van der Waals surface area contributed by atoms with Gasteiger partial charge in [0.15, 0.2) is 0 Å². The van der Waals surface area contributed by atoms with Gasteiger partial charge in [-0.05, 0) is 41.8 Å². The molecule has 0 spiro atoms. The van der Waals surface area contributed by atoms with Gasteiger partial charge in [0.05, 0.1) is 4.90 Å². The van der Waals surface area contributed by atoms with Crippen molar-refractivity contribution in [1.29, 1.82) is 0 Å². The van der Waals surface area contributed by atoms with E-state index >= 15 is 0 Å². The Morgan fingerprint density at radius 1 is 1.00 bits per heavy atom. The van der Waals surface area contributed by atoms with E-state index in [0.717, 1.165) is 24.0 Å². The lowest BCUT2D eigenvalue weighted by Crippen LogP contribution is -2.26. The average Bonchev–Trinajstić information content (AvgIpc) is 2.49. The van der Waals surface area contributed by atoms with E-state index in [1.54, 1.807) is 31.6 Å². The van der Waals surface area contributed by atoms with Crippen LogP contribution < -0.4 is 0 Å². The molecule has 0 bridgehead atoms. The van der Waals surface area contributed by atoms with E-state index in [4.69, 9.17) is 0 Å². The Balaban J connectivity index is 2.16. The maximum absolute atomic E-state index is 12.5. The molecule has 0 unspecified atom stereocenters. The molecular formula is C16H20N2O2S. The number of benzene rings is 1. The van der Waals surface area contributed by atoms with Crippen LogP contribution >= 0.6 is 0 Å². The van der Waals surface area contributed by atoms with Gasteiger partial charge in [0, 0.05) is 26.0 Å². The van der Waals surface area contributed by atoms with Crippen LogP contribution in [0.3, 0.4) is 0 Å². The van der Waals surface area contributed by atoms with Crippen LogP contribution in [0.5, 0.6) is 0 Å². The van der Waals surface area contributed by atoms with Gasteiger partial charge in [0.2, 0.25) is 10.0 Å². The maximum Gasteiger partial charge on any atom is 0.243 e. The Labute approximate surface area is 126 Å². The molecule has 21 heavy (non-hydrogen) atoms. The van der Waals surface area contributed by atoms with E-state index in [0.29, 0.717) is 11.4 Å². The Morgan fingerprint density at radius 3 is 2.19 bits per heavy atom. The molecule has 1 aromatic carbocycles. The molecule has 0 amide bonds. The molecule has 0 radical (unpaired) electrons. The first-order valence-corrected chi connectivity index (χ1v) is 8.42. The third-order valence-electron chi connectivity index (χ3n) is 3.32. The number of aryl methyl sites for hydroxylation is 1. The third kappa shape index (κ3) is 3.89. The van der Waals surface area contributed by atoms with Crippen LogP contribution in [-0.2, 0) is 23.0 Å². The Hall–Kier alpha value is -1.72. The topological polar surface area (TPSA) is 50.3 Å². The van der Waals surface area contributed by atoms with E-state index in [2.05, 4.69) is 11.9 Å². The monoisotopic (exact) mass is 304 g/mol. The summed E-state index contributed by atoms with van der Waals surface area (Å²) < 4.78 is 26.4. The number of rotatable bonds is 6. The molecule has 0 fully saturated rings. The fourth-order valence-corrected chi connectivity index (χ4v) is 3.29. The van der Waals surface area contributed by atoms with Gasteiger partial charge in [-0.25, -0.2) is 8.42 Å². The van der Waals surface area contributed by atoms with Gasteiger partial charge in [-0.15, -0.1) is 0 Å². The number of aromatic nitrogens is 1. The van der Waals surface area contributed by atoms with Gasteiger partial charge < -0.3 is 0 Å². The minimum Gasteiger partial charge on any atom is -0.265 e. The number of hydrogen-bond donors (Lipinski definition) is 0. The first-order valence-electron chi connectivity index (χ1n) is 6.98. The van der Waals surface area contributed by atoms with E-state index in [1.807, 2.05) is 24.3 Å². The first kappa shape index (κ1) is 15.7. The van der Waals surface area contributed by atoms with Crippen molar-refractivity contribution >= 4 is 10.0 Å². The Kier molecular flexibility index (Phi) is 5.09. The fraction of sp³-hybridized carbons (Fsp3) is 0.312. The maximum atomic E-state index is 12.5. The summed E-state index contributed by atoms with van der Waals surface area (Å²) in [5.74, 6) is 0. The highest BCUT2D eigenvalue weighted by Gasteiger charge is 2.20. The zero-order chi connectivity index (χ0) is 15.3. The predicted molar refractivity (Wildman–Crippen MR) is 83.3 cm³/mol. The number of pyridine rings is 1. The predicted octanol–water partition coefficient (Wildman–Crippen LogP) is 2.85. The smallest absolute Gasteiger partial charge is 0.243 e. The molecule has 0 atom stereocenters. The summed E-state index contributed by atoms with van der Waals surface area (Å²) in [7, 11) is -1.86. The second kappa shape index (κ2) is 6.83. The Bertz CT molecular complexity index is 667. The molecule has 2 aromatic rings. The summed E-state index contributed by atoms with van der Waals surface area (Å²) in [6, 6.07) is 10.8. The van der Waals surface area contributed by atoms with Crippen molar-refractivity contribution in [3.05, 3.63) is 59.9 Å². The highest BCUT2D eigenvalue weighted by molar-refractivity contribution is 7.89. The standard InChI is InChI=1S/C16H20N2O2S/c1-3-4-14-5-7-16(8-6-14)21(19,20)18(2)13-15-9-11-17-12-10-15/h5-12H,3-4,13H2,1-2H3. The molecule has 0 aliphatic heterocycles. The second-order valence-electron chi connectivity index (χ2n) is 5.01. The molecule has 1 heterocycles. The molecule has 1 aromatic heterocycles. The molecule has 0 aliphatic carbocycles. The van der Waals surface area contributed by atoms with Gasteiger partial charge >= 0.3 is 0 Å². The third-order valence-corrected chi connectivity index (χ3v) is 5.14. The van der Waals surface area contributed by atoms with Gasteiger partial charge in [0.1, 0.15) is 0 Å². The lowest BCUT2D eigenvalue weighted by Gasteiger charge is -2.17. The Morgan fingerprint density at radius 2 is 1.62 bits per heavy atom. The SMILES string of the molecule is CCCc1ccc(S(=O)(=O)N(C)Cc2ccncc2)cc1. The van der Waals surface area contributed by atoms with Crippen molar-refractivity contribution in [3.8, 4) is 0 Å². The van der Waals surface area contributed by atoms with E-state index in [9.17, 15) is 8.42 Å². The molecular weight excluding hydrogens is 284 g/mol. The average molecular weight is 304 g/mol. The van der Waals surface area contributed by atoms with Crippen molar-refractivity contribution in [2.75, 3.05) is 7.05 Å². The van der Waals surface area contributed by atoms with Gasteiger partial charge in [-0.2, -0.15) is 4.31 Å². The number of hydrogen-bond acceptors (Lipinski definition) is 3. The van der Waals surface area contributed by atoms with E-state index < -0.39 is 10.0 Å². The van der Waals surface area contributed by atoms with Crippen LogP contribution in [0.25, 0.3) is 0 Å². The summed E-state index contributed by atoms with van der Waals surface area (Å²) in [6.45, 7) is 2.44. The summed E-state index contributed by atoms with van der Waals surface area (Å²) in [6.07, 6.45) is 5.34. The molecule has 0 saturated carbocycles. The summed E-state index contributed by atoms with van der Waals surface area (Å²) in [5, 5.41) is 0. The van der Waals surface area contributed by atoms with Crippen LogP contribution in [0.4, 0.5) is 0 Å². The largest absolute Gasteiger partial charge is 0.265 e. The minimum absolute atomic E-state index is 0.332. The van der Waals surface area contributed by atoms with Crippen molar-refractivity contribution in [2.24, 2.45) is 0 Å².